The number of thiophene rings is 1. The Labute approximate surface area is 144 Å². The van der Waals surface area contributed by atoms with Crippen LogP contribution in [0.4, 0.5) is 10.1 Å². The Morgan fingerprint density at radius 1 is 1.13 bits per heavy atom. The summed E-state index contributed by atoms with van der Waals surface area (Å²) in [5, 5.41) is 2.75. The van der Waals surface area contributed by atoms with E-state index >= 15 is 0 Å². The zero-order chi connectivity index (χ0) is 16.2. The van der Waals surface area contributed by atoms with Crippen molar-refractivity contribution in [2.24, 2.45) is 0 Å². The second kappa shape index (κ2) is 6.89. The Balaban J connectivity index is 1.65. The van der Waals surface area contributed by atoms with Gasteiger partial charge in [0.25, 0.3) is 5.91 Å². The first-order valence-electron chi connectivity index (χ1n) is 6.56. The maximum absolute atomic E-state index is 12.8. The van der Waals surface area contributed by atoms with Crippen LogP contribution in [0, 0.1) is 5.82 Å². The fourth-order valence-electron chi connectivity index (χ4n) is 1.77. The summed E-state index contributed by atoms with van der Waals surface area (Å²) in [6, 6.07) is 12.5. The Morgan fingerprint density at radius 2 is 1.91 bits per heavy atom. The zero-order valence-electron chi connectivity index (χ0n) is 11.6. The van der Waals surface area contributed by atoms with Crippen molar-refractivity contribution in [3.8, 4) is 11.6 Å². The van der Waals surface area contributed by atoms with Gasteiger partial charge in [-0.1, -0.05) is 0 Å². The van der Waals surface area contributed by atoms with Gasteiger partial charge in [0.2, 0.25) is 5.88 Å². The molecule has 1 aromatic carbocycles. The fourth-order valence-corrected chi connectivity index (χ4v) is 3.05. The maximum atomic E-state index is 12.8. The van der Waals surface area contributed by atoms with Crippen LogP contribution < -0.4 is 10.1 Å². The normalized spacial score (nSPS) is 10.3. The number of hydrogen-bond donors (Lipinski definition) is 1. The zero-order valence-corrected chi connectivity index (χ0v) is 14.0. The average Bonchev–Trinajstić information content (AvgIpc) is 2.98. The molecule has 4 nitrogen and oxygen atoms in total. The van der Waals surface area contributed by atoms with Crippen molar-refractivity contribution in [2.75, 3.05) is 5.32 Å². The van der Waals surface area contributed by atoms with E-state index < -0.39 is 0 Å². The molecule has 0 saturated carbocycles. The number of pyridine rings is 1. The largest absolute Gasteiger partial charge is 0.439 e. The lowest BCUT2D eigenvalue weighted by Crippen LogP contribution is -2.10. The van der Waals surface area contributed by atoms with Crippen molar-refractivity contribution in [1.82, 2.24) is 4.98 Å². The number of benzene rings is 1. The highest BCUT2D eigenvalue weighted by molar-refractivity contribution is 9.11. The summed E-state index contributed by atoms with van der Waals surface area (Å²) in [7, 11) is 0. The number of rotatable bonds is 4. The number of aromatic nitrogens is 1. The molecule has 0 aliphatic rings. The lowest BCUT2D eigenvalue weighted by molar-refractivity contribution is 0.103. The number of hydrogen-bond acceptors (Lipinski definition) is 4. The van der Waals surface area contributed by atoms with Crippen molar-refractivity contribution in [3.63, 3.8) is 0 Å². The van der Waals surface area contributed by atoms with Gasteiger partial charge in [-0.15, -0.1) is 11.3 Å². The van der Waals surface area contributed by atoms with Gasteiger partial charge in [-0.25, -0.2) is 9.37 Å². The SMILES string of the molecule is O=C(Nc1ccc(Oc2ccc(F)cc2)nc1)c1ccc(Br)s1. The molecule has 0 saturated heterocycles. The van der Waals surface area contributed by atoms with E-state index in [0.717, 1.165) is 3.79 Å². The van der Waals surface area contributed by atoms with E-state index in [-0.39, 0.29) is 11.7 Å². The third-order valence-corrected chi connectivity index (χ3v) is 4.45. The molecule has 3 rings (SSSR count). The molecule has 0 radical (unpaired) electrons. The number of amides is 1. The Morgan fingerprint density at radius 3 is 2.52 bits per heavy atom. The fraction of sp³-hybridized carbons (Fsp3) is 0. The van der Waals surface area contributed by atoms with E-state index in [2.05, 4.69) is 26.2 Å². The minimum absolute atomic E-state index is 0.199. The maximum Gasteiger partial charge on any atom is 0.265 e. The number of carbonyl (C=O) groups excluding carboxylic acids is 1. The standard InChI is InChI=1S/C16H10BrFN2O2S/c17-14-7-6-13(23-14)16(21)20-11-3-8-15(19-9-11)22-12-4-1-10(18)2-5-12/h1-9H,(H,20,21). The number of nitrogens with zero attached hydrogens (tertiary/aromatic N) is 1. The summed E-state index contributed by atoms with van der Waals surface area (Å²) in [6.07, 6.45) is 1.50. The molecule has 7 heteroatoms. The van der Waals surface area contributed by atoms with E-state index in [1.165, 1.54) is 41.8 Å². The van der Waals surface area contributed by atoms with E-state index in [9.17, 15) is 9.18 Å². The molecule has 0 spiro atoms. The molecule has 0 aliphatic heterocycles. The second-order valence-corrected chi connectivity index (χ2v) is 6.96. The molecule has 0 bridgehead atoms. The second-order valence-electron chi connectivity index (χ2n) is 4.50. The van der Waals surface area contributed by atoms with Gasteiger partial charge in [0, 0.05) is 6.07 Å². The van der Waals surface area contributed by atoms with Gasteiger partial charge in [-0.05, 0) is 58.4 Å². The van der Waals surface area contributed by atoms with Gasteiger partial charge >= 0.3 is 0 Å². The number of nitrogens with one attached hydrogen (secondary N) is 1. The molecule has 2 aromatic heterocycles. The highest BCUT2D eigenvalue weighted by Crippen LogP contribution is 2.24. The third kappa shape index (κ3) is 4.14. The molecule has 0 aliphatic carbocycles. The van der Waals surface area contributed by atoms with Crippen LogP contribution in [-0.2, 0) is 0 Å². The number of anilines is 1. The monoisotopic (exact) mass is 392 g/mol. The minimum Gasteiger partial charge on any atom is -0.439 e. The molecular weight excluding hydrogens is 383 g/mol. The van der Waals surface area contributed by atoms with Crippen LogP contribution in [0.3, 0.4) is 0 Å². The van der Waals surface area contributed by atoms with E-state index in [1.54, 1.807) is 18.2 Å². The quantitative estimate of drug-likeness (QED) is 0.672. The van der Waals surface area contributed by atoms with Crippen LogP contribution in [0.2, 0.25) is 0 Å². The van der Waals surface area contributed by atoms with Crippen LogP contribution in [0.1, 0.15) is 9.67 Å². The molecule has 1 N–H and O–H groups in total. The lowest BCUT2D eigenvalue weighted by atomic mass is 10.3. The Bertz CT molecular complexity index is 819. The molecule has 0 fully saturated rings. The van der Waals surface area contributed by atoms with Crippen molar-refractivity contribution < 1.29 is 13.9 Å². The van der Waals surface area contributed by atoms with Crippen LogP contribution in [0.15, 0.2) is 58.5 Å². The first kappa shape index (κ1) is 15.6. The summed E-state index contributed by atoms with van der Waals surface area (Å²) in [4.78, 5) is 16.7. The minimum atomic E-state index is -0.330. The summed E-state index contributed by atoms with van der Waals surface area (Å²) in [5.74, 6) is 0.311. The first-order valence-corrected chi connectivity index (χ1v) is 8.17. The van der Waals surface area contributed by atoms with Gasteiger partial charge in [0.05, 0.1) is 20.5 Å². The predicted molar refractivity (Wildman–Crippen MR) is 90.7 cm³/mol. The molecular formula is C16H10BrFN2O2S. The van der Waals surface area contributed by atoms with Gasteiger partial charge < -0.3 is 10.1 Å². The number of carbonyl (C=O) groups is 1. The summed E-state index contributed by atoms with van der Waals surface area (Å²) in [6.45, 7) is 0. The van der Waals surface area contributed by atoms with Gasteiger partial charge in [0.15, 0.2) is 0 Å². The number of ether oxygens (including phenoxy) is 1. The average molecular weight is 393 g/mol. The summed E-state index contributed by atoms with van der Waals surface area (Å²) >= 11 is 4.67. The summed E-state index contributed by atoms with van der Waals surface area (Å²) in [5.41, 5.74) is 0.561. The Hall–Kier alpha value is -2.25. The van der Waals surface area contributed by atoms with Gasteiger partial charge in [-0.2, -0.15) is 0 Å². The van der Waals surface area contributed by atoms with Gasteiger partial charge in [-0.3, -0.25) is 4.79 Å². The smallest absolute Gasteiger partial charge is 0.265 e. The molecule has 0 unspecified atom stereocenters. The van der Waals surface area contributed by atoms with Crippen molar-refractivity contribution in [2.45, 2.75) is 0 Å². The van der Waals surface area contributed by atoms with E-state index in [4.69, 9.17) is 4.74 Å². The lowest BCUT2D eigenvalue weighted by Gasteiger charge is -2.06. The molecule has 3 aromatic rings. The molecule has 1 amide bonds. The van der Waals surface area contributed by atoms with Crippen LogP contribution in [0.25, 0.3) is 0 Å². The molecule has 23 heavy (non-hydrogen) atoms. The summed E-state index contributed by atoms with van der Waals surface area (Å²) < 4.78 is 19.2. The topological polar surface area (TPSA) is 51.2 Å². The molecule has 0 atom stereocenters. The van der Waals surface area contributed by atoms with Gasteiger partial charge in [0.1, 0.15) is 11.6 Å². The number of halogens is 2. The molecule has 116 valence electrons. The van der Waals surface area contributed by atoms with Crippen LogP contribution in [-0.4, -0.2) is 10.9 Å². The third-order valence-electron chi connectivity index (χ3n) is 2.83. The first-order chi connectivity index (χ1) is 11.1. The van der Waals surface area contributed by atoms with Crippen molar-refractivity contribution >= 4 is 38.9 Å². The van der Waals surface area contributed by atoms with E-state index in [1.807, 2.05) is 6.07 Å². The highest BCUT2D eigenvalue weighted by Gasteiger charge is 2.09. The van der Waals surface area contributed by atoms with Crippen LogP contribution in [0.5, 0.6) is 11.6 Å². The van der Waals surface area contributed by atoms with Crippen molar-refractivity contribution in [3.05, 3.63) is 69.2 Å². The molecule has 2 heterocycles. The predicted octanol–water partition coefficient (Wildman–Crippen LogP) is 5.09. The highest BCUT2D eigenvalue weighted by atomic mass is 79.9. The van der Waals surface area contributed by atoms with E-state index in [0.29, 0.717) is 22.2 Å². The Kier molecular flexibility index (Phi) is 4.68. The van der Waals surface area contributed by atoms with Crippen LogP contribution >= 0.6 is 27.3 Å². The van der Waals surface area contributed by atoms with Crippen molar-refractivity contribution in [1.29, 1.82) is 0 Å².